The number of ether oxygens (including phenoxy) is 1. The first-order valence-corrected chi connectivity index (χ1v) is 10.2. The van der Waals surface area contributed by atoms with Crippen LogP contribution in [0, 0.1) is 0 Å². The molecule has 2 heterocycles. The summed E-state index contributed by atoms with van der Waals surface area (Å²) in [5, 5.41) is 0. The molecule has 1 aliphatic carbocycles. The predicted octanol–water partition coefficient (Wildman–Crippen LogP) is 3.37. The molecule has 2 aliphatic rings. The van der Waals surface area contributed by atoms with Gasteiger partial charge in [-0.1, -0.05) is 0 Å². The Labute approximate surface area is 163 Å². The zero-order valence-electron chi connectivity index (χ0n) is 15.7. The number of fused-ring (bicyclic) bond motifs is 1. The topological polar surface area (TPSA) is 49.9 Å². The Morgan fingerprint density at radius 2 is 1.93 bits per heavy atom. The molecule has 27 heavy (non-hydrogen) atoms. The van der Waals surface area contributed by atoms with Crippen LogP contribution in [-0.4, -0.2) is 49.6 Å². The molecular formula is C21H24N2O3S. The van der Waals surface area contributed by atoms with Crippen LogP contribution in [0.4, 0.5) is 5.69 Å². The molecule has 0 spiro atoms. The summed E-state index contributed by atoms with van der Waals surface area (Å²) in [5.41, 5.74) is 2.99. The lowest BCUT2D eigenvalue weighted by Gasteiger charge is -2.41. The average Bonchev–Trinajstić information content (AvgIpc) is 3.29. The molecule has 6 heteroatoms. The largest absolute Gasteiger partial charge is 0.465 e. The maximum Gasteiger partial charge on any atom is 0.337 e. The normalized spacial score (nSPS) is 19.1. The van der Waals surface area contributed by atoms with Crippen LogP contribution in [0.2, 0.25) is 0 Å². The van der Waals surface area contributed by atoms with Crippen molar-refractivity contribution >= 4 is 28.9 Å². The monoisotopic (exact) mass is 384 g/mol. The van der Waals surface area contributed by atoms with Gasteiger partial charge in [-0.05, 0) is 62.1 Å². The number of amides is 1. The van der Waals surface area contributed by atoms with E-state index >= 15 is 0 Å². The van der Waals surface area contributed by atoms with Crippen LogP contribution in [0.5, 0.6) is 0 Å². The molecule has 1 unspecified atom stereocenters. The van der Waals surface area contributed by atoms with Gasteiger partial charge in [0.2, 0.25) is 0 Å². The SMILES string of the molecule is COC(=O)c1ccc(N2CCN(C(=O)c3cc4c(s3)CCC4)C(C)C2)cc1. The Morgan fingerprint density at radius 3 is 2.59 bits per heavy atom. The zero-order valence-corrected chi connectivity index (χ0v) is 16.6. The fourth-order valence-corrected chi connectivity index (χ4v) is 5.21. The second kappa shape index (κ2) is 7.35. The third kappa shape index (κ3) is 3.46. The summed E-state index contributed by atoms with van der Waals surface area (Å²) in [4.78, 5) is 31.1. The first kappa shape index (κ1) is 18.0. The first-order chi connectivity index (χ1) is 13.1. The van der Waals surface area contributed by atoms with E-state index in [1.54, 1.807) is 23.5 Å². The van der Waals surface area contributed by atoms with Crippen molar-refractivity contribution in [2.24, 2.45) is 0 Å². The lowest BCUT2D eigenvalue weighted by molar-refractivity contribution is 0.0599. The van der Waals surface area contributed by atoms with Crippen LogP contribution in [0.15, 0.2) is 30.3 Å². The van der Waals surface area contributed by atoms with Gasteiger partial charge in [0.05, 0.1) is 17.6 Å². The summed E-state index contributed by atoms with van der Waals surface area (Å²) < 4.78 is 4.75. The molecule has 0 radical (unpaired) electrons. The van der Waals surface area contributed by atoms with Gasteiger partial charge in [-0.2, -0.15) is 0 Å². The van der Waals surface area contributed by atoms with Gasteiger partial charge in [0, 0.05) is 36.2 Å². The number of piperazine rings is 1. The highest BCUT2D eigenvalue weighted by Crippen LogP contribution is 2.32. The van der Waals surface area contributed by atoms with Gasteiger partial charge in [0.15, 0.2) is 0 Å². The van der Waals surface area contributed by atoms with Crippen LogP contribution < -0.4 is 4.90 Å². The highest BCUT2D eigenvalue weighted by atomic mass is 32.1. The molecule has 1 amide bonds. The molecule has 1 aromatic heterocycles. The number of methoxy groups -OCH3 is 1. The number of anilines is 1. The number of esters is 1. The highest BCUT2D eigenvalue weighted by molar-refractivity contribution is 7.14. The molecule has 1 aliphatic heterocycles. The second-order valence-electron chi connectivity index (χ2n) is 7.24. The number of benzene rings is 1. The number of hydrogen-bond donors (Lipinski definition) is 0. The summed E-state index contributed by atoms with van der Waals surface area (Å²) in [5.74, 6) is -0.157. The minimum Gasteiger partial charge on any atom is -0.465 e. The van der Waals surface area contributed by atoms with Crippen molar-refractivity contribution in [2.75, 3.05) is 31.6 Å². The van der Waals surface area contributed by atoms with Gasteiger partial charge in [-0.25, -0.2) is 4.79 Å². The fourth-order valence-electron chi connectivity index (χ4n) is 4.00. The van der Waals surface area contributed by atoms with Crippen LogP contribution in [0.25, 0.3) is 0 Å². The molecule has 1 saturated heterocycles. The van der Waals surface area contributed by atoms with Crippen LogP contribution in [-0.2, 0) is 17.6 Å². The maximum absolute atomic E-state index is 13.0. The molecule has 4 rings (SSSR count). The Balaban J connectivity index is 1.42. The van der Waals surface area contributed by atoms with Crippen molar-refractivity contribution in [1.82, 2.24) is 4.90 Å². The minimum absolute atomic E-state index is 0.142. The fraction of sp³-hybridized carbons (Fsp3) is 0.429. The molecule has 142 valence electrons. The predicted molar refractivity (Wildman–Crippen MR) is 107 cm³/mol. The molecule has 1 atom stereocenters. The van der Waals surface area contributed by atoms with Crippen molar-refractivity contribution in [3.8, 4) is 0 Å². The van der Waals surface area contributed by atoms with Crippen molar-refractivity contribution in [1.29, 1.82) is 0 Å². The van der Waals surface area contributed by atoms with E-state index in [0.717, 1.165) is 36.5 Å². The van der Waals surface area contributed by atoms with Gasteiger partial charge in [0.1, 0.15) is 0 Å². The Kier molecular flexibility index (Phi) is 4.91. The summed E-state index contributed by atoms with van der Waals surface area (Å²) in [6.07, 6.45) is 3.46. The number of rotatable bonds is 3. The van der Waals surface area contributed by atoms with Crippen LogP contribution in [0.3, 0.4) is 0 Å². The molecule has 0 saturated carbocycles. The zero-order chi connectivity index (χ0) is 19.0. The summed E-state index contributed by atoms with van der Waals surface area (Å²) in [7, 11) is 1.39. The molecule has 0 N–H and O–H groups in total. The molecule has 0 bridgehead atoms. The third-order valence-corrected chi connectivity index (χ3v) is 6.72. The van der Waals surface area contributed by atoms with E-state index < -0.39 is 0 Å². The van der Waals surface area contributed by atoms with Gasteiger partial charge in [-0.15, -0.1) is 11.3 Å². The maximum atomic E-state index is 13.0. The van der Waals surface area contributed by atoms with Gasteiger partial charge < -0.3 is 14.5 Å². The second-order valence-corrected chi connectivity index (χ2v) is 8.38. The Hall–Kier alpha value is -2.34. The number of nitrogens with zero attached hydrogens (tertiary/aromatic N) is 2. The number of carbonyl (C=O) groups excluding carboxylic acids is 2. The van der Waals surface area contributed by atoms with Gasteiger partial charge in [0.25, 0.3) is 5.91 Å². The highest BCUT2D eigenvalue weighted by Gasteiger charge is 2.30. The van der Waals surface area contributed by atoms with E-state index in [1.165, 1.54) is 24.0 Å². The lowest BCUT2D eigenvalue weighted by atomic mass is 10.1. The van der Waals surface area contributed by atoms with Crippen molar-refractivity contribution in [3.05, 3.63) is 51.2 Å². The van der Waals surface area contributed by atoms with Crippen molar-refractivity contribution in [3.63, 3.8) is 0 Å². The molecule has 2 aromatic rings. The van der Waals surface area contributed by atoms with E-state index in [1.807, 2.05) is 17.0 Å². The number of thiophene rings is 1. The smallest absolute Gasteiger partial charge is 0.337 e. The van der Waals surface area contributed by atoms with E-state index in [2.05, 4.69) is 17.9 Å². The Morgan fingerprint density at radius 1 is 1.15 bits per heavy atom. The summed E-state index contributed by atoms with van der Waals surface area (Å²) in [6.45, 7) is 4.39. The average molecular weight is 385 g/mol. The van der Waals surface area contributed by atoms with E-state index in [9.17, 15) is 9.59 Å². The van der Waals surface area contributed by atoms with Crippen molar-refractivity contribution < 1.29 is 14.3 Å². The molecule has 1 aromatic carbocycles. The van der Waals surface area contributed by atoms with Gasteiger partial charge >= 0.3 is 5.97 Å². The van der Waals surface area contributed by atoms with Crippen molar-refractivity contribution in [2.45, 2.75) is 32.2 Å². The van der Waals surface area contributed by atoms with E-state index in [0.29, 0.717) is 12.1 Å². The van der Waals surface area contributed by atoms with E-state index in [-0.39, 0.29) is 17.9 Å². The van der Waals surface area contributed by atoms with Crippen LogP contribution in [0.1, 0.15) is 43.8 Å². The first-order valence-electron chi connectivity index (χ1n) is 9.42. The third-order valence-electron chi connectivity index (χ3n) is 5.50. The van der Waals surface area contributed by atoms with E-state index in [4.69, 9.17) is 4.74 Å². The van der Waals surface area contributed by atoms with Gasteiger partial charge in [-0.3, -0.25) is 4.79 Å². The molecule has 1 fully saturated rings. The molecule has 5 nitrogen and oxygen atoms in total. The summed E-state index contributed by atoms with van der Waals surface area (Å²) in [6, 6.07) is 9.72. The summed E-state index contributed by atoms with van der Waals surface area (Å²) >= 11 is 1.68. The number of carbonyl (C=O) groups is 2. The standard InChI is InChI=1S/C21H24N2O3S/c1-14-13-22(17-8-6-15(7-9-17)21(25)26-2)10-11-23(14)20(24)19-12-16-4-3-5-18(16)27-19/h6-9,12,14H,3-5,10-11,13H2,1-2H3. The number of aryl methyl sites for hydroxylation is 2. The lowest BCUT2D eigenvalue weighted by Crippen LogP contribution is -2.54. The molecular weight excluding hydrogens is 360 g/mol. The Bertz CT molecular complexity index is 837. The quantitative estimate of drug-likeness (QED) is 0.762. The van der Waals surface area contributed by atoms with Crippen LogP contribution >= 0.6 is 11.3 Å². The number of hydrogen-bond acceptors (Lipinski definition) is 5. The minimum atomic E-state index is -0.326.